The standard InChI is InChI=1S/C14H20O3/c1-10-5-6-12(11(2)9-10)17-8-7-14(3,4)13(15)16/h5-6,9H,7-8H2,1-4H3,(H,15,16). The van der Waals surface area contributed by atoms with Crippen LogP contribution in [0.25, 0.3) is 0 Å². The van der Waals surface area contributed by atoms with Crippen LogP contribution in [-0.4, -0.2) is 17.7 Å². The Labute approximate surface area is 102 Å². The van der Waals surface area contributed by atoms with Gasteiger partial charge in [-0.15, -0.1) is 0 Å². The smallest absolute Gasteiger partial charge is 0.309 e. The molecule has 94 valence electrons. The van der Waals surface area contributed by atoms with Gasteiger partial charge in [0.2, 0.25) is 0 Å². The minimum absolute atomic E-state index is 0.420. The molecule has 17 heavy (non-hydrogen) atoms. The van der Waals surface area contributed by atoms with E-state index in [1.54, 1.807) is 13.8 Å². The van der Waals surface area contributed by atoms with Crippen LogP contribution in [0, 0.1) is 19.3 Å². The van der Waals surface area contributed by atoms with Crippen LogP contribution in [0.5, 0.6) is 5.75 Å². The van der Waals surface area contributed by atoms with Gasteiger partial charge in [0.1, 0.15) is 5.75 Å². The first-order valence-electron chi connectivity index (χ1n) is 5.76. The summed E-state index contributed by atoms with van der Waals surface area (Å²) in [5.41, 5.74) is 1.54. The van der Waals surface area contributed by atoms with E-state index in [0.29, 0.717) is 13.0 Å². The Balaban J connectivity index is 2.54. The lowest BCUT2D eigenvalue weighted by Gasteiger charge is -2.19. The maximum atomic E-state index is 10.9. The molecule has 1 aromatic carbocycles. The number of hydrogen-bond donors (Lipinski definition) is 1. The first kappa shape index (κ1) is 13.6. The van der Waals surface area contributed by atoms with Crippen molar-refractivity contribution in [3.05, 3.63) is 29.3 Å². The van der Waals surface area contributed by atoms with E-state index in [0.717, 1.165) is 11.3 Å². The molecule has 0 saturated heterocycles. The molecular weight excluding hydrogens is 216 g/mol. The van der Waals surface area contributed by atoms with Gasteiger partial charge >= 0.3 is 5.97 Å². The molecule has 3 heteroatoms. The van der Waals surface area contributed by atoms with E-state index in [4.69, 9.17) is 9.84 Å². The Morgan fingerprint density at radius 1 is 1.35 bits per heavy atom. The summed E-state index contributed by atoms with van der Waals surface area (Å²) in [7, 11) is 0. The molecule has 0 amide bonds. The largest absolute Gasteiger partial charge is 0.493 e. The lowest BCUT2D eigenvalue weighted by atomic mass is 9.90. The summed E-state index contributed by atoms with van der Waals surface area (Å²) in [5, 5.41) is 8.97. The fourth-order valence-corrected chi connectivity index (χ4v) is 1.48. The van der Waals surface area contributed by atoms with Crippen LogP contribution >= 0.6 is 0 Å². The van der Waals surface area contributed by atoms with Crippen molar-refractivity contribution in [1.29, 1.82) is 0 Å². The normalized spacial score (nSPS) is 11.3. The fraction of sp³-hybridized carbons (Fsp3) is 0.500. The maximum Gasteiger partial charge on any atom is 0.309 e. The average molecular weight is 236 g/mol. The summed E-state index contributed by atoms with van der Waals surface area (Å²) >= 11 is 0. The van der Waals surface area contributed by atoms with Gasteiger partial charge in [-0.2, -0.15) is 0 Å². The number of carboxylic acid groups (broad SMARTS) is 1. The molecule has 1 aromatic rings. The van der Waals surface area contributed by atoms with E-state index in [1.807, 2.05) is 26.0 Å². The Bertz CT molecular complexity index is 408. The Hall–Kier alpha value is -1.51. The zero-order chi connectivity index (χ0) is 13.1. The molecule has 0 bridgehead atoms. The SMILES string of the molecule is Cc1ccc(OCCC(C)(C)C(=O)O)c(C)c1. The molecule has 0 atom stereocenters. The summed E-state index contributed by atoms with van der Waals surface area (Å²) in [4.78, 5) is 10.9. The van der Waals surface area contributed by atoms with Crippen molar-refractivity contribution in [3.8, 4) is 5.75 Å². The molecule has 0 heterocycles. The number of hydrogen-bond acceptors (Lipinski definition) is 2. The van der Waals surface area contributed by atoms with Crippen molar-refractivity contribution in [2.24, 2.45) is 5.41 Å². The van der Waals surface area contributed by atoms with Gasteiger partial charge in [-0.1, -0.05) is 17.7 Å². The fourth-order valence-electron chi connectivity index (χ4n) is 1.48. The minimum atomic E-state index is -0.790. The Morgan fingerprint density at radius 3 is 2.53 bits per heavy atom. The number of rotatable bonds is 5. The highest BCUT2D eigenvalue weighted by Gasteiger charge is 2.26. The van der Waals surface area contributed by atoms with E-state index in [1.165, 1.54) is 5.56 Å². The number of ether oxygens (including phenoxy) is 1. The van der Waals surface area contributed by atoms with Crippen LogP contribution < -0.4 is 4.74 Å². The van der Waals surface area contributed by atoms with Crippen LogP contribution in [0.15, 0.2) is 18.2 Å². The van der Waals surface area contributed by atoms with Crippen molar-refractivity contribution in [2.45, 2.75) is 34.1 Å². The van der Waals surface area contributed by atoms with Crippen LogP contribution in [0.2, 0.25) is 0 Å². The van der Waals surface area contributed by atoms with Crippen LogP contribution in [0.4, 0.5) is 0 Å². The second-order valence-corrected chi connectivity index (χ2v) is 5.06. The third-order valence-electron chi connectivity index (χ3n) is 2.89. The van der Waals surface area contributed by atoms with Gasteiger partial charge in [-0.05, 0) is 45.7 Å². The molecule has 0 unspecified atom stereocenters. The second-order valence-electron chi connectivity index (χ2n) is 5.06. The lowest BCUT2D eigenvalue weighted by Crippen LogP contribution is -2.25. The topological polar surface area (TPSA) is 46.5 Å². The highest BCUT2D eigenvalue weighted by Crippen LogP contribution is 2.23. The Kier molecular flexibility index (Phi) is 4.16. The zero-order valence-corrected chi connectivity index (χ0v) is 10.9. The van der Waals surface area contributed by atoms with Gasteiger partial charge in [-0.25, -0.2) is 0 Å². The molecule has 0 aliphatic heterocycles. The van der Waals surface area contributed by atoms with Gasteiger partial charge in [0, 0.05) is 0 Å². The summed E-state index contributed by atoms with van der Waals surface area (Å²) in [6.45, 7) is 7.86. The minimum Gasteiger partial charge on any atom is -0.493 e. The molecule has 0 fully saturated rings. The maximum absolute atomic E-state index is 10.9. The van der Waals surface area contributed by atoms with Crippen molar-refractivity contribution < 1.29 is 14.6 Å². The third kappa shape index (κ3) is 3.77. The van der Waals surface area contributed by atoms with E-state index >= 15 is 0 Å². The highest BCUT2D eigenvalue weighted by atomic mass is 16.5. The monoisotopic (exact) mass is 236 g/mol. The first-order valence-corrected chi connectivity index (χ1v) is 5.76. The summed E-state index contributed by atoms with van der Waals surface area (Å²) < 4.78 is 5.61. The van der Waals surface area contributed by atoms with Gasteiger partial charge < -0.3 is 9.84 Å². The molecule has 0 saturated carbocycles. The van der Waals surface area contributed by atoms with Gasteiger partial charge in [-0.3, -0.25) is 4.79 Å². The molecule has 0 aromatic heterocycles. The average Bonchev–Trinajstić information content (AvgIpc) is 2.21. The molecule has 0 aliphatic carbocycles. The predicted octanol–water partition coefficient (Wildman–Crippen LogP) is 3.18. The van der Waals surface area contributed by atoms with Gasteiger partial charge in [0.15, 0.2) is 0 Å². The van der Waals surface area contributed by atoms with Crippen molar-refractivity contribution in [1.82, 2.24) is 0 Å². The number of carbonyl (C=O) groups is 1. The third-order valence-corrected chi connectivity index (χ3v) is 2.89. The van der Waals surface area contributed by atoms with E-state index in [2.05, 4.69) is 6.07 Å². The quantitative estimate of drug-likeness (QED) is 0.854. The zero-order valence-electron chi connectivity index (χ0n) is 10.9. The van der Waals surface area contributed by atoms with E-state index in [9.17, 15) is 4.79 Å². The highest BCUT2D eigenvalue weighted by molar-refractivity contribution is 5.73. The lowest BCUT2D eigenvalue weighted by molar-refractivity contribution is -0.147. The number of aliphatic carboxylic acids is 1. The van der Waals surface area contributed by atoms with Gasteiger partial charge in [0.25, 0.3) is 0 Å². The van der Waals surface area contributed by atoms with Crippen LogP contribution in [0.1, 0.15) is 31.4 Å². The summed E-state index contributed by atoms with van der Waals surface area (Å²) in [5.74, 6) is 0.0403. The number of benzene rings is 1. The molecule has 3 nitrogen and oxygen atoms in total. The van der Waals surface area contributed by atoms with E-state index in [-0.39, 0.29) is 0 Å². The summed E-state index contributed by atoms with van der Waals surface area (Å²) in [6.07, 6.45) is 0.496. The van der Waals surface area contributed by atoms with Gasteiger partial charge in [0.05, 0.1) is 12.0 Å². The van der Waals surface area contributed by atoms with E-state index < -0.39 is 11.4 Å². The molecule has 0 radical (unpaired) electrons. The Morgan fingerprint density at radius 2 is 2.00 bits per heavy atom. The van der Waals surface area contributed by atoms with Crippen molar-refractivity contribution >= 4 is 5.97 Å². The summed E-state index contributed by atoms with van der Waals surface area (Å²) in [6, 6.07) is 5.97. The molecule has 0 spiro atoms. The van der Waals surface area contributed by atoms with Crippen molar-refractivity contribution in [2.75, 3.05) is 6.61 Å². The second kappa shape index (κ2) is 5.21. The molecule has 1 rings (SSSR count). The van der Waals surface area contributed by atoms with Crippen LogP contribution in [0.3, 0.4) is 0 Å². The predicted molar refractivity (Wildman–Crippen MR) is 67.4 cm³/mol. The number of carboxylic acids is 1. The number of aryl methyl sites for hydroxylation is 2. The first-order chi connectivity index (χ1) is 7.83. The molecule has 0 aliphatic rings. The van der Waals surface area contributed by atoms with Crippen molar-refractivity contribution in [3.63, 3.8) is 0 Å². The molecular formula is C14H20O3. The van der Waals surface area contributed by atoms with Crippen LogP contribution in [-0.2, 0) is 4.79 Å². The molecule has 1 N–H and O–H groups in total.